The van der Waals surface area contributed by atoms with Crippen LogP contribution in [0.5, 0.6) is 5.75 Å². The van der Waals surface area contributed by atoms with Crippen molar-refractivity contribution in [2.24, 2.45) is 0 Å². The van der Waals surface area contributed by atoms with E-state index in [1.165, 1.54) is 17.4 Å². The van der Waals surface area contributed by atoms with Gasteiger partial charge in [0.2, 0.25) is 0 Å². The fourth-order valence-electron chi connectivity index (χ4n) is 2.93. The summed E-state index contributed by atoms with van der Waals surface area (Å²) in [5.74, 6) is 0.0835. The molecule has 6 nitrogen and oxygen atoms in total. The molecule has 0 saturated carbocycles. The lowest BCUT2D eigenvalue weighted by Crippen LogP contribution is -2.04. The highest BCUT2D eigenvalue weighted by atomic mass is 32.2. The Kier molecular flexibility index (Phi) is 3.79. The molecular formula is C17H11N2O4S2-. The SMILES string of the molecule is O=c1[nH]c2ccc(O)c(-c3ccc(NS(=O)[O-])cc3)c2c2ccsc12. The first-order chi connectivity index (χ1) is 12.0. The third kappa shape index (κ3) is 2.70. The van der Waals surface area contributed by atoms with Crippen molar-refractivity contribution in [3.63, 3.8) is 0 Å². The van der Waals surface area contributed by atoms with Crippen molar-refractivity contribution in [2.75, 3.05) is 4.72 Å². The van der Waals surface area contributed by atoms with Crippen molar-refractivity contribution >= 4 is 49.3 Å². The summed E-state index contributed by atoms with van der Waals surface area (Å²) in [6.45, 7) is 0. The average Bonchev–Trinajstić information content (AvgIpc) is 3.06. The largest absolute Gasteiger partial charge is 0.755 e. The summed E-state index contributed by atoms with van der Waals surface area (Å²) < 4.78 is 24.3. The maximum atomic E-state index is 12.2. The fourth-order valence-corrected chi connectivity index (χ4v) is 4.05. The van der Waals surface area contributed by atoms with E-state index in [0.29, 0.717) is 27.0 Å². The Morgan fingerprint density at radius 1 is 1.12 bits per heavy atom. The van der Waals surface area contributed by atoms with E-state index in [0.717, 1.165) is 10.8 Å². The molecule has 8 heteroatoms. The summed E-state index contributed by atoms with van der Waals surface area (Å²) in [7, 11) is 0. The highest BCUT2D eigenvalue weighted by molar-refractivity contribution is 7.80. The Labute approximate surface area is 148 Å². The van der Waals surface area contributed by atoms with Crippen LogP contribution in [0.2, 0.25) is 0 Å². The van der Waals surface area contributed by atoms with Gasteiger partial charge in [-0.25, -0.2) is 0 Å². The number of thiophene rings is 1. The van der Waals surface area contributed by atoms with E-state index in [1.54, 1.807) is 30.3 Å². The van der Waals surface area contributed by atoms with Crippen LogP contribution in [0.3, 0.4) is 0 Å². The topological polar surface area (TPSA) is 105 Å². The van der Waals surface area contributed by atoms with Crippen LogP contribution in [0.4, 0.5) is 5.69 Å². The summed E-state index contributed by atoms with van der Waals surface area (Å²) in [4.78, 5) is 15.0. The molecule has 25 heavy (non-hydrogen) atoms. The lowest BCUT2D eigenvalue weighted by molar-refractivity contribution is 0.478. The Morgan fingerprint density at radius 3 is 2.60 bits per heavy atom. The number of phenols is 1. The maximum Gasteiger partial charge on any atom is 0.266 e. The zero-order valence-corrected chi connectivity index (χ0v) is 14.2. The molecule has 0 fully saturated rings. The molecule has 2 heterocycles. The Bertz CT molecular complexity index is 1180. The molecule has 4 rings (SSSR count). The molecule has 0 bridgehead atoms. The van der Waals surface area contributed by atoms with E-state index in [-0.39, 0.29) is 11.3 Å². The lowest BCUT2D eigenvalue weighted by atomic mass is 9.97. The second kappa shape index (κ2) is 5.99. The molecule has 0 saturated heterocycles. The molecule has 0 radical (unpaired) electrons. The van der Waals surface area contributed by atoms with Gasteiger partial charge in [0.05, 0.1) is 0 Å². The first-order valence-electron chi connectivity index (χ1n) is 7.26. The van der Waals surface area contributed by atoms with Gasteiger partial charge in [0, 0.05) is 38.8 Å². The molecule has 1 atom stereocenters. The van der Waals surface area contributed by atoms with Crippen LogP contribution >= 0.6 is 11.3 Å². The predicted octanol–water partition coefficient (Wildman–Crippen LogP) is 3.32. The minimum absolute atomic E-state index is 0.0835. The summed E-state index contributed by atoms with van der Waals surface area (Å²) in [5.41, 5.74) is 2.20. The Balaban J connectivity index is 2.00. The number of rotatable bonds is 3. The second-order valence-corrected chi connectivity index (χ2v) is 7.00. The number of anilines is 1. The summed E-state index contributed by atoms with van der Waals surface area (Å²) in [6.07, 6.45) is 0. The van der Waals surface area contributed by atoms with Crippen molar-refractivity contribution in [3.8, 4) is 16.9 Å². The molecule has 0 amide bonds. The minimum atomic E-state index is -2.40. The molecule has 126 valence electrons. The van der Waals surface area contributed by atoms with Gasteiger partial charge in [-0.05, 0) is 41.3 Å². The number of aromatic amines is 1. The van der Waals surface area contributed by atoms with Gasteiger partial charge in [-0.3, -0.25) is 9.00 Å². The smallest absolute Gasteiger partial charge is 0.266 e. The second-order valence-electron chi connectivity index (χ2n) is 5.41. The van der Waals surface area contributed by atoms with Crippen LogP contribution in [-0.2, 0) is 11.3 Å². The molecule has 0 spiro atoms. The standard InChI is InChI=1S/C17H12N2O4S2/c20-13-6-5-12-15(11-7-8-24-16(11)17(21)18-12)14(13)9-1-3-10(4-2-9)19-25(22)23/h1-8,19-20H,(H,18,21)(H,22,23)/p-1. The third-order valence-corrected chi connectivity index (χ3v) is 5.26. The first kappa shape index (κ1) is 15.8. The third-order valence-electron chi connectivity index (χ3n) is 3.95. The molecule has 2 aromatic heterocycles. The van der Waals surface area contributed by atoms with Gasteiger partial charge in [0.1, 0.15) is 10.4 Å². The fraction of sp³-hybridized carbons (Fsp3) is 0. The predicted molar refractivity (Wildman–Crippen MR) is 99.6 cm³/mol. The van der Waals surface area contributed by atoms with Crippen LogP contribution in [0, 0.1) is 0 Å². The van der Waals surface area contributed by atoms with Crippen molar-refractivity contribution in [2.45, 2.75) is 0 Å². The molecule has 1 unspecified atom stereocenters. The molecule has 0 aliphatic carbocycles. The normalized spacial score (nSPS) is 12.5. The Morgan fingerprint density at radius 2 is 1.88 bits per heavy atom. The van der Waals surface area contributed by atoms with E-state index in [2.05, 4.69) is 9.71 Å². The number of aromatic nitrogens is 1. The van der Waals surface area contributed by atoms with Gasteiger partial charge in [-0.1, -0.05) is 12.1 Å². The summed E-state index contributed by atoms with van der Waals surface area (Å²) >= 11 is -1.05. The van der Waals surface area contributed by atoms with E-state index >= 15 is 0 Å². The monoisotopic (exact) mass is 371 g/mol. The van der Waals surface area contributed by atoms with Gasteiger partial charge in [0.25, 0.3) is 5.56 Å². The highest BCUT2D eigenvalue weighted by Crippen LogP contribution is 2.39. The molecule has 0 aliphatic rings. The lowest BCUT2D eigenvalue weighted by Gasteiger charge is -2.12. The number of hydrogen-bond donors (Lipinski definition) is 3. The quantitative estimate of drug-likeness (QED) is 0.480. The van der Waals surface area contributed by atoms with E-state index in [9.17, 15) is 18.7 Å². The van der Waals surface area contributed by atoms with Crippen molar-refractivity contribution in [1.82, 2.24) is 4.98 Å². The molecule has 2 aromatic carbocycles. The van der Waals surface area contributed by atoms with Crippen LogP contribution in [0.25, 0.3) is 32.1 Å². The molecule has 4 aromatic rings. The average molecular weight is 371 g/mol. The zero-order valence-electron chi connectivity index (χ0n) is 12.6. The summed E-state index contributed by atoms with van der Waals surface area (Å²) in [6, 6.07) is 11.7. The zero-order chi connectivity index (χ0) is 17.6. The molecular weight excluding hydrogens is 360 g/mol. The van der Waals surface area contributed by atoms with E-state index in [4.69, 9.17) is 0 Å². The van der Waals surface area contributed by atoms with Crippen LogP contribution in [0.15, 0.2) is 52.6 Å². The summed E-state index contributed by atoms with van der Waals surface area (Å²) in [5, 5.41) is 13.8. The number of nitrogens with one attached hydrogen (secondary N) is 2. The number of aromatic hydroxyl groups is 1. The number of benzene rings is 2. The number of phenolic OH excluding ortho intramolecular Hbond substituents is 1. The maximum absolute atomic E-state index is 12.2. The van der Waals surface area contributed by atoms with E-state index in [1.807, 2.05) is 11.4 Å². The van der Waals surface area contributed by atoms with Gasteiger partial charge >= 0.3 is 0 Å². The van der Waals surface area contributed by atoms with E-state index < -0.39 is 11.3 Å². The van der Waals surface area contributed by atoms with Crippen LogP contribution in [-0.4, -0.2) is 18.9 Å². The number of pyridine rings is 1. The van der Waals surface area contributed by atoms with Crippen molar-refractivity contribution < 1.29 is 13.9 Å². The van der Waals surface area contributed by atoms with Gasteiger partial charge in [-0.15, -0.1) is 11.3 Å². The van der Waals surface area contributed by atoms with Gasteiger partial charge in [0.15, 0.2) is 0 Å². The van der Waals surface area contributed by atoms with Crippen molar-refractivity contribution in [1.29, 1.82) is 0 Å². The van der Waals surface area contributed by atoms with Gasteiger partial charge < -0.3 is 19.4 Å². The molecule has 0 aliphatic heterocycles. The van der Waals surface area contributed by atoms with Crippen LogP contribution < -0.4 is 10.3 Å². The first-order valence-corrected chi connectivity index (χ1v) is 9.21. The number of fused-ring (bicyclic) bond motifs is 3. The minimum Gasteiger partial charge on any atom is -0.755 e. The Hall–Kier alpha value is -2.68. The molecule has 3 N–H and O–H groups in total. The number of hydrogen-bond acceptors (Lipinski definition) is 5. The van der Waals surface area contributed by atoms with Crippen LogP contribution in [0.1, 0.15) is 0 Å². The number of H-pyrrole nitrogens is 1. The highest BCUT2D eigenvalue weighted by Gasteiger charge is 2.15. The van der Waals surface area contributed by atoms with Crippen molar-refractivity contribution in [3.05, 3.63) is 58.2 Å². The van der Waals surface area contributed by atoms with Gasteiger partial charge in [-0.2, -0.15) is 0 Å².